The summed E-state index contributed by atoms with van der Waals surface area (Å²) in [6, 6.07) is -0.311. The molecule has 0 bridgehead atoms. The number of piperidine rings is 1. The molecule has 0 radical (unpaired) electrons. The Balaban J connectivity index is 2.02. The molecule has 5 nitrogen and oxygen atoms in total. The molecule has 0 amide bonds. The molecular weight excluding hydrogens is 185 g/mol. The lowest BCUT2D eigenvalue weighted by atomic mass is 9.87. The predicted molar refractivity (Wildman–Crippen MR) is 49.7 cm³/mol. The number of hydrogen-bond donors (Lipinski definition) is 0. The first-order valence-corrected chi connectivity index (χ1v) is 4.67. The van der Waals surface area contributed by atoms with Gasteiger partial charge in [-0.2, -0.15) is 0 Å². The molecule has 2 aliphatic heterocycles. The van der Waals surface area contributed by atoms with Crippen molar-refractivity contribution >= 4 is 19.6 Å². The smallest absolute Gasteiger partial charge is 0.322 e. The monoisotopic (exact) mass is 197 g/mol. The van der Waals surface area contributed by atoms with Crippen LogP contribution >= 0.6 is 0 Å². The van der Waals surface area contributed by atoms with Crippen molar-refractivity contribution < 1.29 is 19.1 Å². The quantitative estimate of drug-likeness (QED) is 0.239. The summed E-state index contributed by atoms with van der Waals surface area (Å²) in [6.45, 7) is 0.656. The SMILES string of the molecule is COC(=O)[C@@H]1C[C@@H]2O[C@@H]2CN1BC=O. The lowest BCUT2D eigenvalue weighted by molar-refractivity contribution is -0.145. The van der Waals surface area contributed by atoms with Crippen LogP contribution in [0.15, 0.2) is 0 Å². The average Bonchev–Trinajstić information content (AvgIpc) is 2.94. The van der Waals surface area contributed by atoms with E-state index in [-0.39, 0.29) is 31.6 Å². The number of hydrogen-bond acceptors (Lipinski definition) is 5. The van der Waals surface area contributed by atoms with E-state index >= 15 is 0 Å². The zero-order valence-electron chi connectivity index (χ0n) is 8.01. The number of epoxide rings is 1. The van der Waals surface area contributed by atoms with Gasteiger partial charge in [-0.25, -0.2) is 0 Å². The maximum atomic E-state index is 11.4. The zero-order chi connectivity index (χ0) is 10.1. The highest BCUT2D eigenvalue weighted by molar-refractivity contribution is 6.64. The van der Waals surface area contributed by atoms with Crippen molar-refractivity contribution in [3.63, 3.8) is 0 Å². The fraction of sp³-hybridized carbons (Fsp3) is 0.750. The summed E-state index contributed by atoms with van der Waals surface area (Å²) in [6.07, 6.45) is 1.86. The topological polar surface area (TPSA) is 59.1 Å². The molecule has 0 N–H and O–H groups in total. The molecule has 3 atom stereocenters. The maximum Gasteiger partial charge on any atom is 0.322 e. The second-order valence-corrected chi connectivity index (χ2v) is 3.61. The third kappa shape index (κ3) is 1.67. The molecule has 6 heteroatoms. The van der Waals surface area contributed by atoms with Crippen LogP contribution in [0.1, 0.15) is 6.42 Å². The van der Waals surface area contributed by atoms with Gasteiger partial charge in [-0.3, -0.25) is 4.79 Å². The van der Waals surface area contributed by atoms with E-state index in [1.54, 1.807) is 0 Å². The first-order chi connectivity index (χ1) is 6.76. The van der Waals surface area contributed by atoms with Crippen LogP contribution in [0, 0.1) is 0 Å². The Labute approximate surface area is 82.6 Å². The van der Waals surface area contributed by atoms with Crippen molar-refractivity contribution in [3.8, 4) is 0 Å². The molecule has 0 spiro atoms. The molecule has 0 saturated carbocycles. The molecule has 0 aromatic carbocycles. The van der Waals surface area contributed by atoms with Gasteiger partial charge in [0.1, 0.15) is 6.04 Å². The van der Waals surface area contributed by atoms with E-state index < -0.39 is 0 Å². The zero-order valence-corrected chi connectivity index (χ0v) is 8.01. The molecule has 0 aromatic rings. The Morgan fingerprint density at radius 2 is 2.43 bits per heavy atom. The molecule has 76 valence electrons. The van der Waals surface area contributed by atoms with Crippen LogP contribution in [0.2, 0.25) is 0 Å². The second-order valence-electron chi connectivity index (χ2n) is 3.61. The van der Waals surface area contributed by atoms with Gasteiger partial charge in [0.25, 0.3) is 7.41 Å². The van der Waals surface area contributed by atoms with Gasteiger partial charge in [0.15, 0.2) is 0 Å². The Morgan fingerprint density at radius 1 is 1.64 bits per heavy atom. The fourth-order valence-electron chi connectivity index (χ4n) is 1.95. The first-order valence-electron chi connectivity index (χ1n) is 4.67. The van der Waals surface area contributed by atoms with Gasteiger partial charge in [-0.15, -0.1) is 0 Å². The highest BCUT2D eigenvalue weighted by atomic mass is 16.6. The third-order valence-electron chi connectivity index (χ3n) is 2.78. The molecular formula is C8H12BNO4. The molecule has 0 aliphatic carbocycles. The molecule has 14 heavy (non-hydrogen) atoms. The molecule has 2 aliphatic rings. The van der Waals surface area contributed by atoms with Crippen molar-refractivity contribution in [2.24, 2.45) is 0 Å². The van der Waals surface area contributed by atoms with Gasteiger partial charge in [-0.1, -0.05) is 0 Å². The summed E-state index contributed by atoms with van der Waals surface area (Å²) in [5.41, 5.74) is 0. The van der Waals surface area contributed by atoms with Crippen molar-refractivity contribution in [3.05, 3.63) is 0 Å². The van der Waals surface area contributed by atoms with E-state index in [9.17, 15) is 9.59 Å². The summed E-state index contributed by atoms with van der Waals surface area (Å²) in [5.74, 6) is -0.277. The van der Waals surface area contributed by atoms with Crippen LogP contribution < -0.4 is 0 Å². The Morgan fingerprint density at radius 3 is 3.07 bits per heavy atom. The van der Waals surface area contributed by atoms with Gasteiger partial charge in [0, 0.05) is 13.0 Å². The normalized spacial score (nSPS) is 35.6. The second kappa shape index (κ2) is 3.71. The summed E-state index contributed by atoms with van der Waals surface area (Å²) >= 11 is 0. The van der Waals surface area contributed by atoms with E-state index in [1.165, 1.54) is 7.11 Å². The standard InChI is InChI=1S/C8H12BNO4/c1-13-8(12)5-2-6-7(14-6)3-10(5)9-4-11/h4-7,9H,2-3H2,1H3/t5-,6-,7+/m0/s1. The summed E-state index contributed by atoms with van der Waals surface area (Å²) in [5, 5.41) is 0. The Bertz CT molecular complexity index is 260. The Hall–Kier alpha value is -0.875. The molecule has 0 unspecified atom stereocenters. The van der Waals surface area contributed by atoms with Crippen molar-refractivity contribution in [2.45, 2.75) is 24.7 Å². The van der Waals surface area contributed by atoms with Crippen LogP contribution in [0.3, 0.4) is 0 Å². The molecule has 2 heterocycles. The first kappa shape index (κ1) is 9.67. The van der Waals surface area contributed by atoms with Crippen molar-refractivity contribution in [1.29, 1.82) is 0 Å². The summed E-state index contributed by atoms with van der Waals surface area (Å²) < 4.78 is 9.99. The van der Waals surface area contributed by atoms with Gasteiger partial charge >= 0.3 is 5.97 Å². The highest BCUT2D eigenvalue weighted by Gasteiger charge is 2.49. The van der Waals surface area contributed by atoms with E-state index in [1.807, 2.05) is 4.81 Å². The van der Waals surface area contributed by atoms with Crippen molar-refractivity contribution in [1.82, 2.24) is 4.81 Å². The number of methoxy groups -OCH3 is 1. The number of rotatable bonds is 3. The summed E-state index contributed by atoms with van der Waals surface area (Å²) in [4.78, 5) is 23.6. The average molecular weight is 197 g/mol. The van der Waals surface area contributed by atoms with Crippen LogP contribution in [0.4, 0.5) is 0 Å². The lowest BCUT2D eigenvalue weighted by Gasteiger charge is -2.29. The number of carbonyl (C=O) groups is 2. The molecule has 0 aromatic heterocycles. The van der Waals surface area contributed by atoms with Gasteiger partial charge in [0.2, 0.25) is 0 Å². The van der Waals surface area contributed by atoms with Gasteiger partial charge < -0.3 is 19.1 Å². The fourth-order valence-corrected chi connectivity index (χ4v) is 1.95. The number of nitrogens with zero attached hydrogens (tertiary/aromatic N) is 1. The maximum absolute atomic E-state index is 11.4. The Kier molecular flexibility index (Phi) is 2.56. The minimum Gasteiger partial charge on any atom is -0.468 e. The number of fused-ring (bicyclic) bond motifs is 1. The predicted octanol–water partition coefficient (Wildman–Crippen LogP) is -1.46. The van der Waals surface area contributed by atoms with Crippen LogP contribution in [-0.2, 0) is 19.1 Å². The minimum atomic E-state index is -0.311. The minimum absolute atomic E-state index is 0.196. The van der Waals surface area contributed by atoms with Crippen molar-refractivity contribution in [2.75, 3.05) is 13.7 Å². The molecule has 2 fully saturated rings. The number of ether oxygens (including phenoxy) is 2. The van der Waals surface area contributed by atoms with E-state index in [0.717, 1.165) is 6.19 Å². The number of esters is 1. The molecule has 2 rings (SSSR count). The third-order valence-corrected chi connectivity index (χ3v) is 2.78. The van der Waals surface area contributed by atoms with Crippen LogP contribution in [0.5, 0.6) is 0 Å². The molecule has 2 saturated heterocycles. The van der Waals surface area contributed by atoms with Crippen LogP contribution in [0.25, 0.3) is 0 Å². The highest BCUT2D eigenvalue weighted by Crippen LogP contribution is 2.33. The van der Waals surface area contributed by atoms with Gasteiger partial charge in [-0.05, 0) is 0 Å². The number of carbonyl (C=O) groups excluding carboxylic acids is 2. The van der Waals surface area contributed by atoms with E-state index in [2.05, 4.69) is 4.74 Å². The summed E-state index contributed by atoms with van der Waals surface area (Å²) in [7, 11) is 1.63. The largest absolute Gasteiger partial charge is 0.468 e. The van der Waals surface area contributed by atoms with E-state index in [4.69, 9.17) is 4.74 Å². The lowest BCUT2D eigenvalue weighted by Crippen LogP contribution is -2.50. The van der Waals surface area contributed by atoms with Gasteiger partial charge in [0.05, 0.1) is 25.5 Å². The van der Waals surface area contributed by atoms with E-state index in [0.29, 0.717) is 13.0 Å². The van der Waals surface area contributed by atoms with Crippen LogP contribution in [-0.4, -0.2) is 56.3 Å².